The van der Waals surface area contributed by atoms with Crippen molar-refractivity contribution in [3.05, 3.63) is 0 Å². The van der Waals surface area contributed by atoms with Crippen molar-refractivity contribution in [2.24, 2.45) is 5.92 Å². The largest absolute Gasteiger partial charge is 0.368 e. The van der Waals surface area contributed by atoms with Gasteiger partial charge in [0.2, 0.25) is 0 Å². The lowest BCUT2D eigenvalue weighted by Crippen LogP contribution is -2.36. The molecule has 1 atom stereocenters. The van der Waals surface area contributed by atoms with E-state index in [4.69, 9.17) is 4.74 Å². The van der Waals surface area contributed by atoms with E-state index in [9.17, 15) is 4.79 Å². The van der Waals surface area contributed by atoms with Crippen LogP contribution in [-0.4, -0.2) is 36.1 Å². The first-order valence-corrected chi connectivity index (χ1v) is 5.94. The molecule has 1 heterocycles. The Balaban J connectivity index is 2.30. The van der Waals surface area contributed by atoms with E-state index in [1.807, 2.05) is 18.7 Å². The van der Waals surface area contributed by atoms with Crippen LogP contribution in [0.15, 0.2) is 0 Å². The minimum atomic E-state index is -0.175. The molecule has 1 amide bonds. The van der Waals surface area contributed by atoms with Gasteiger partial charge in [0, 0.05) is 25.6 Å². The zero-order valence-electron chi connectivity index (χ0n) is 10.3. The van der Waals surface area contributed by atoms with Gasteiger partial charge in [-0.25, -0.2) is 0 Å². The third kappa shape index (κ3) is 3.49. The number of amides is 1. The van der Waals surface area contributed by atoms with Crippen LogP contribution in [0.1, 0.15) is 40.5 Å². The Morgan fingerprint density at radius 1 is 1.40 bits per heavy atom. The highest BCUT2D eigenvalue weighted by Crippen LogP contribution is 2.17. The van der Waals surface area contributed by atoms with Gasteiger partial charge >= 0.3 is 0 Å². The lowest BCUT2D eigenvalue weighted by molar-refractivity contribution is -0.138. The molecule has 3 nitrogen and oxygen atoms in total. The van der Waals surface area contributed by atoms with Crippen molar-refractivity contribution in [1.29, 1.82) is 0 Å². The Bertz CT molecular complexity index is 214. The van der Waals surface area contributed by atoms with E-state index in [0.717, 1.165) is 19.4 Å². The second-order valence-electron chi connectivity index (χ2n) is 4.96. The highest BCUT2D eigenvalue weighted by Gasteiger charge is 2.33. The molecule has 3 heteroatoms. The van der Waals surface area contributed by atoms with Gasteiger partial charge in [0.15, 0.2) is 0 Å². The van der Waals surface area contributed by atoms with E-state index < -0.39 is 0 Å². The summed E-state index contributed by atoms with van der Waals surface area (Å²) in [6.45, 7) is 9.99. The van der Waals surface area contributed by atoms with Crippen LogP contribution < -0.4 is 0 Å². The Morgan fingerprint density at radius 2 is 2.07 bits per heavy atom. The van der Waals surface area contributed by atoms with Gasteiger partial charge in [0.1, 0.15) is 6.10 Å². The standard InChI is InChI=1S/C12H23NO2/c1-9(2)6-8-15-11-5-7-13(10(3)4)12(11)14/h9-11H,5-8H2,1-4H3. The van der Waals surface area contributed by atoms with Crippen molar-refractivity contribution in [2.45, 2.75) is 52.7 Å². The first-order valence-electron chi connectivity index (χ1n) is 5.94. The second-order valence-corrected chi connectivity index (χ2v) is 4.96. The van der Waals surface area contributed by atoms with Crippen LogP contribution in [0, 0.1) is 5.92 Å². The first kappa shape index (κ1) is 12.5. The number of carbonyl (C=O) groups is 1. The van der Waals surface area contributed by atoms with Crippen molar-refractivity contribution in [3.63, 3.8) is 0 Å². The maximum absolute atomic E-state index is 11.8. The maximum atomic E-state index is 11.8. The number of carbonyl (C=O) groups excluding carboxylic acids is 1. The molecule has 1 aliphatic rings. The fraction of sp³-hybridized carbons (Fsp3) is 0.917. The van der Waals surface area contributed by atoms with Crippen LogP contribution in [0.2, 0.25) is 0 Å². The van der Waals surface area contributed by atoms with E-state index >= 15 is 0 Å². The van der Waals surface area contributed by atoms with Gasteiger partial charge in [-0.1, -0.05) is 13.8 Å². The van der Waals surface area contributed by atoms with Gasteiger partial charge in [-0.15, -0.1) is 0 Å². The van der Waals surface area contributed by atoms with Gasteiger partial charge in [0.05, 0.1) is 0 Å². The lowest BCUT2D eigenvalue weighted by atomic mass is 10.1. The van der Waals surface area contributed by atoms with Gasteiger partial charge in [-0.2, -0.15) is 0 Å². The third-order valence-electron chi connectivity index (χ3n) is 2.83. The fourth-order valence-corrected chi connectivity index (χ4v) is 1.79. The summed E-state index contributed by atoms with van der Waals surface area (Å²) in [7, 11) is 0. The molecule has 0 radical (unpaired) electrons. The summed E-state index contributed by atoms with van der Waals surface area (Å²) in [4.78, 5) is 13.7. The molecule has 1 fully saturated rings. The third-order valence-corrected chi connectivity index (χ3v) is 2.83. The van der Waals surface area contributed by atoms with Crippen molar-refractivity contribution < 1.29 is 9.53 Å². The van der Waals surface area contributed by atoms with Crippen molar-refractivity contribution in [1.82, 2.24) is 4.90 Å². The van der Waals surface area contributed by atoms with Crippen molar-refractivity contribution >= 4 is 5.91 Å². The monoisotopic (exact) mass is 213 g/mol. The molecule has 0 spiro atoms. The molecule has 0 N–H and O–H groups in total. The molecule has 1 unspecified atom stereocenters. The molecule has 0 aromatic rings. The van der Waals surface area contributed by atoms with Gasteiger partial charge in [-0.05, 0) is 26.2 Å². The summed E-state index contributed by atoms with van der Waals surface area (Å²) in [5.74, 6) is 0.816. The molecule has 1 aliphatic heterocycles. The van der Waals surface area contributed by atoms with E-state index in [0.29, 0.717) is 18.6 Å². The van der Waals surface area contributed by atoms with Crippen molar-refractivity contribution in [3.8, 4) is 0 Å². The summed E-state index contributed by atoms with van der Waals surface area (Å²) >= 11 is 0. The molecule has 1 saturated heterocycles. The highest BCUT2D eigenvalue weighted by molar-refractivity contribution is 5.83. The minimum Gasteiger partial charge on any atom is -0.368 e. The number of rotatable bonds is 5. The van der Waals surface area contributed by atoms with E-state index in [1.165, 1.54) is 0 Å². The SMILES string of the molecule is CC(C)CCOC1CCN(C(C)C)C1=O. The quantitative estimate of drug-likeness (QED) is 0.699. The van der Waals surface area contributed by atoms with Crippen molar-refractivity contribution in [2.75, 3.05) is 13.2 Å². The molecule has 1 rings (SSSR count). The summed E-state index contributed by atoms with van der Waals surface area (Å²) in [6.07, 6.45) is 1.71. The molecule has 88 valence electrons. The topological polar surface area (TPSA) is 29.5 Å². The van der Waals surface area contributed by atoms with Gasteiger partial charge < -0.3 is 9.64 Å². The summed E-state index contributed by atoms with van der Waals surface area (Å²) in [5, 5.41) is 0. The molecule has 0 bridgehead atoms. The van der Waals surface area contributed by atoms with Crippen LogP contribution in [0.4, 0.5) is 0 Å². The predicted molar refractivity (Wildman–Crippen MR) is 60.7 cm³/mol. The average molecular weight is 213 g/mol. The van der Waals surface area contributed by atoms with Gasteiger partial charge in [0.25, 0.3) is 5.91 Å². The molecular weight excluding hydrogens is 190 g/mol. The predicted octanol–water partition coefficient (Wildman–Crippen LogP) is 2.06. The average Bonchev–Trinajstić information content (AvgIpc) is 2.47. The molecule has 0 saturated carbocycles. The van der Waals surface area contributed by atoms with Crippen LogP contribution in [0.5, 0.6) is 0 Å². The molecule has 15 heavy (non-hydrogen) atoms. The van der Waals surface area contributed by atoms with Crippen LogP contribution in [-0.2, 0) is 9.53 Å². The number of hydrogen-bond acceptors (Lipinski definition) is 2. The van der Waals surface area contributed by atoms with Crippen LogP contribution in [0.25, 0.3) is 0 Å². The number of nitrogens with zero attached hydrogens (tertiary/aromatic N) is 1. The Kier molecular flexibility index (Phi) is 4.58. The van der Waals surface area contributed by atoms with E-state index in [1.54, 1.807) is 0 Å². The van der Waals surface area contributed by atoms with E-state index in [2.05, 4.69) is 13.8 Å². The summed E-state index contributed by atoms with van der Waals surface area (Å²) in [6, 6.07) is 0.302. The van der Waals surface area contributed by atoms with E-state index in [-0.39, 0.29) is 12.0 Å². The van der Waals surface area contributed by atoms with Crippen LogP contribution in [0.3, 0.4) is 0 Å². The lowest BCUT2D eigenvalue weighted by Gasteiger charge is -2.20. The minimum absolute atomic E-state index is 0.175. The normalized spacial score (nSPS) is 22.1. The Labute approximate surface area is 92.8 Å². The molecule has 0 aromatic carbocycles. The summed E-state index contributed by atoms with van der Waals surface area (Å²) in [5.41, 5.74) is 0. The smallest absolute Gasteiger partial charge is 0.251 e. The van der Waals surface area contributed by atoms with Gasteiger partial charge in [-0.3, -0.25) is 4.79 Å². The zero-order chi connectivity index (χ0) is 11.4. The molecule has 0 aromatic heterocycles. The Morgan fingerprint density at radius 3 is 2.53 bits per heavy atom. The number of ether oxygens (including phenoxy) is 1. The fourth-order valence-electron chi connectivity index (χ4n) is 1.79. The molecular formula is C12H23NO2. The molecule has 0 aliphatic carbocycles. The Hall–Kier alpha value is -0.570. The first-order chi connectivity index (χ1) is 7.02. The number of likely N-dealkylation sites (tertiary alicyclic amines) is 1. The zero-order valence-corrected chi connectivity index (χ0v) is 10.3. The second kappa shape index (κ2) is 5.50. The maximum Gasteiger partial charge on any atom is 0.251 e. The highest BCUT2D eigenvalue weighted by atomic mass is 16.5. The number of hydrogen-bond donors (Lipinski definition) is 0. The van der Waals surface area contributed by atoms with Crippen LogP contribution >= 0.6 is 0 Å². The summed E-state index contributed by atoms with van der Waals surface area (Å²) < 4.78 is 5.62.